The summed E-state index contributed by atoms with van der Waals surface area (Å²) in [4.78, 5) is 43.6. The van der Waals surface area contributed by atoms with Crippen LogP contribution in [0.1, 0.15) is 30.0 Å². The van der Waals surface area contributed by atoms with Gasteiger partial charge in [0.05, 0.1) is 31.3 Å². The highest BCUT2D eigenvalue weighted by Crippen LogP contribution is 2.46. The molecule has 41 heavy (non-hydrogen) atoms. The molecular weight excluding hydrogens is 562 g/mol. The van der Waals surface area contributed by atoms with Crippen molar-refractivity contribution in [3.05, 3.63) is 66.0 Å². The number of nitrogens with zero attached hydrogens (tertiary/aromatic N) is 5. The van der Waals surface area contributed by atoms with E-state index in [1.165, 1.54) is 22.2 Å². The molecule has 3 amide bonds. The highest BCUT2D eigenvalue weighted by Gasteiger charge is 2.45. The lowest BCUT2D eigenvalue weighted by Crippen LogP contribution is -2.47. The molecule has 7 rings (SSSR count). The zero-order valence-electron chi connectivity index (χ0n) is 22.6. The number of thioether (sulfide) groups is 1. The number of halogens is 1. The van der Waals surface area contributed by atoms with Gasteiger partial charge in [-0.15, -0.1) is 12.4 Å². The molecule has 5 heterocycles. The van der Waals surface area contributed by atoms with Crippen molar-refractivity contribution < 1.29 is 19.1 Å². The largest absolute Gasteiger partial charge is 0.496 e. The van der Waals surface area contributed by atoms with Gasteiger partial charge in [0.2, 0.25) is 5.91 Å². The number of aliphatic imine (C=N–C) groups is 1. The number of likely N-dealkylation sites (tertiary alicyclic amines) is 1. The number of carbonyl (C=O) groups excluding carboxylic acids is 2. The van der Waals surface area contributed by atoms with Crippen molar-refractivity contribution in [3.63, 3.8) is 0 Å². The fourth-order valence-electron chi connectivity index (χ4n) is 6.19. The van der Waals surface area contributed by atoms with Gasteiger partial charge in [-0.05, 0) is 31.5 Å². The first-order chi connectivity index (χ1) is 19.6. The minimum Gasteiger partial charge on any atom is -0.496 e. The Balaban J connectivity index is 0.00000302. The van der Waals surface area contributed by atoms with Crippen molar-refractivity contribution in [2.24, 2.45) is 10.9 Å². The zero-order chi connectivity index (χ0) is 27.2. The molecule has 0 N–H and O–H groups in total. The Morgan fingerprint density at radius 3 is 2.71 bits per heavy atom. The minimum atomic E-state index is -0.574. The van der Waals surface area contributed by atoms with Gasteiger partial charge in [-0.3, -0.25) is 9.69 Å². The summed E-state index contributed by atoms with van der Waals surface area (Å²) in [6, 6.07) is 15.2. The first-order valence-corrected chi connectivity index (χ1v) is 14.5. The number of amides is 3. The molecule has 212 valence electrons. The van der Waals surface area contributed by atoms with E-state index in [0.717, 1.165) is 56.1 Å². The van der Waals surface area contributed by atoms with Gasteiger partial charge in [0.25, 0.3) is 0 Å². The summed E-state index contributed by atoms with van der Waals surface area (Å²) in [5.74, 6) is 2.42. The van der Waals surface area contributed by atoms with E-state index in [1.807, 2.05) is 48.5 Å². The highest BCUT2D eigenvalue weighted by atomic mass is 35.5. The molecule has 0 radical (unpaired) electrons. The predicted molar refractivity (Wildman–Crippen MR) is 158 cm³/mol. The summed E-state index contributed by atoms with van der Waals surface area (Å²) >= 11 is 1.33. The number of urea groups is 1. The molecule has 9 nitrogen and oxygen atoms in total. The van der Waals surface area contributed by atoms with Crippen molar-refractivity contribution in [1.29, 1.82) is 0 Å². The van der Waals surface area contributed by atoms with E-state index in [2.05, 4.69) is 14.9 Å². The quantitative estimate of drug-likeness (QED) is 0.365. The van der Waals surface area contributed by atoms with E-state index < -0.39 is 11.3 Å². The molecule has 4 aliphatic rings. The number of benzene rings is 2. The molecule has 0 saturated carbocycles. The van der Waals surface area contributed by atoms with E-state index in [0.29, 0.717) is 40.5 Å². The summed E-state index contributed by atoms with van der Waals surface area (Å²) in [5, 5.41) is 0.0691. The number of carbonyl (C=O) groups is 2. The molecule has 4 aliphatic heterocycles. The number of aromatic nitrogens is 2. The second kappa shape index (κ2) is 11.4. The van der Waals surface area contributed by atoms with Gasteiger partial charge in [-0.2, -0.15) is 4.99 Å². The Bertz CT molecular complexity index is 1510. The molecule has 0 bridgehead atoms. The second-order valence-corrected chi connectivity index (χ2v) is 11.7. The molecular formula is C30H30ClN5O4S. The van der Waals surface area contributed by atoms with Gasteiger partial charge in [-0.1, -0.05) is 48.2 Å². The fraction of sp³-hybridized carbons (Fsp3) is 0.367. The summed E-state index contributed by atoms with van der Waals surface area (Å²) in [7, 11) is 1.71. The van der Waals surface area contributed by atoms with Gasteiger partial charge >= 0.3 is 6.03 Å². The highest BCUT2D eigenvalue weighted by molar-refractivity contribution is 8.02. The van der Waals surface area contributed by atoms with E-state index in [-0.39, 0.29) is 18.3 Å². The van der Waals surface area contributed by atoms with E-state index in [9.17, 15) is 9.59 Å². The third-order valence-electron chi connectivity index (χ3n) is 8.16. The number of hydrogen-bond acceptors (Lipinski definition) is 8. The summed E-state index contributed by atoms with van der Waals surface area (Å²) in [5.41, 5.74) is 3.76. The minimum absolute atomic E-state index is 0. The van der Waals surface area contributed by atoms with Crippen LogP contribution in [0.3, 0.4) is 0 Å². The Morgan fingerprint density at radius 2 is 1.88 bits per heavy atom. The predicted octanol–water partition coefficient (Wildman–Crippen LogP) is 4.69. The van der Waals surface area contributed by atoms with Crippen LogP contribution in [-0.4, -0.2) is 82.6 Å². The number of unbranched alkanes of at least 4 members (excludes halogenated alkanes) is 1. The monoisotopic (exact) mass is 591 g/mol. The normalized spacial score (nSPS) is 22.6. The van der Waals surface area contributed by atoms with Crippen LogP contribution in [0, 0.1) is 5.92 Å². The lowest BCUT2D eigenvalue weighted by Gasteiger charge is -2.29. The molecule has 3 aromatic rings. The first kappa shape index (κ1) is 27.7. The molecule has 11 heteroatoms. The third-order valence-corrected chi connectivity index (χ3v) is 9.34. The Kier molecular flexibility index (Phi) is 7.72. The molecule has 0 spiro atoms. The van der Waals surface area contributed by atoms with Crippen LogP contribution in [0.2, 0.25) is 0 Å². The van der Waals surface area contributed by atoms with Gasteiger partial charge in [0.1, 0.15) is 27.5 Å². The van der Waals surface area contributed by atoms with Crippen molar-refractivity contribution in [1.82, 2.24) is 19.8 Å². The average molecular weight is 592 g/mol. The second-order valence-electron chi connectivity index (χ2n) is 10.6. The number of methoxy groups -OCH3 is 1. The molecule has 1 fully saturated rings. The van der Waals surface area contributed by atoms with E-state index >= 15 is 0 Å². The van der Waals surface area contributed by atoms with Gasteiger partial charge < -0.3 is 14.4 Å². The number of fused-ring (bicyclic) bond motifs is 6. The lowest BCUT2D eigenvalue weighted by atomic mass is 9.86. The van der Waals surface area contributed by atoms with Crippen molar-refractivity contribution in [2.75, 3.05) is 39.9 Å². The van der Waals surface area contributed by atoms with Crippen LogP contribution in [0.15, 0.2) is 64.7 Å². The van der Waals surface area contributed by atoms with Crippen molar-refractivity contribution >= 4 is 41.8 Å². The molecule has 0 aliphatic carbocycles. The number of ether oxygens (including phenoxy) is 2. The molecule has 1 saturated heterocycles. The zero-order valence-corrected chi connectivity index (χ0v) is 24.2. The smallest absolute Gasteiger partial charge is 0.350 e. The molecule has 3 atom stereocenters. The number of hydrogen-bond donors (Lipinski definition) is 0. The van der Waals surface area contributed by atoms with Gasteiger partial charge in [0.15, 0.2) is 0 Å². The van der Waals surface area contributed by atoms with Crippen LogP contribution in [0.25, 0.3) is 11.3 Å². The average Bonchev–Trinajstić information content (AvgIpc) is 3.58. The van der Waals surface area contributed by atoms with E-state index in [1.54, 1.807) is 13.3 Å². The Morgan fingerprint density at radius 1 is 1.05 bits per heavy atom. The number of rotatable bonds is 7. The molecule has 2 aromatic carbocycles. The Labute approximate surface area is 248 Å². The maximum Gasteiger partial charge on any atom is 0.350 e. The van der Waals surface area contributed by atoms with Crippen LogP contribution >= 0.6 is 24.2 Å². The van der Waals surface area contributed by atoms with E-state index in [4.69, 9.17) is 14.5 Å². The van der Waals surface area contributed by atoms with Crippen LogP contribution in [0.4, 0.5) is 4.79 Å². The maximum absolute atomic E-state index is 13.4. The van der Waals surface area contributed by atoms with Crippen molar-refractivity contribution in [2.45, 2.75) is 29.0 Å². The standard InChI is InChI=1S/C30H29N5O4S.ClH/c1-38-22-10-7-11-23-24(22)20-16-34(15-19(20)17-39-23)12-5-6-13-35-29(36)27-25(33-30(35)37)26-28(40-27)31-14-21(32-26)18-8-3-2-4-9-18;/h2-4,7-11,14,19-20,27H,5-6,12-13,15-17H2,1H3;1H/t19-,20-,27?;/m1./s1. The van der Waals surface area contributed by atoms with Crippen LogP contribution in [-0.2, 0) is 4.79 Å². The van der Waals surface area contributed by atoms with Gasteiger partial charge in [-0.25, -0.2) is 14.8 Å². The molecule has 1 aromatic heterocycles. The number of imide groups is 1. The summed E-state index contributed by atoms with van der Waals surface area (Å²) in [6.07, 6.45) is 3.32. The summed E-state index contributed by atoms with van der Waals surface area (Å²) in [6.45, 7) is 3.91. The maximum atomic E-state index is 13.4. The van der Waals surface area contributed by atoms with Crippen molar-refractivity contribution in [3.8, 4) is 22.8 Å². The van der Waals surface area contributed by atoms with Gasteiger partial charge in [0, 0.05) is 42.6 Å². The summed E-state index contributed by atoms with van der Waals surface area (Å²) < 4.78 is 11.7. The topological polar surface area (TPSA) is 97.2 Å². The van der Waals surface area contributed by atoms with Crippen LogP contribution < -0.4 is 9.47 Å². The van der Waals surface area contributed by atoms with Crippen LogP contribution in [0.5, 0.6) is 11.5 Å². The Hall–Kier alpha value is -3.47. The molecule has 1 unspecified atom stereocenters. The fourth-order valence-corrected chi connectivity index (χ4v) is 7.29. The third kappa shape index (κ3) is 4.98. The lowest BCUT2D eigenvalue weighted by molar-refractivity contribution is -0.126. The first-order valence-electron chi connectivity index (χ1n) is 13.7. The SMILES string of the molecule is COc1cccc2c1[C@@H]1CN(CCCCN3C(=O)N=C4c5nc(-c6ccccc6)cnc5SC4C3=O)C[C@@H]1CO2.Cl.